The Balaban J connectivity index is 0.000000227. The molecule has 2 fully saturated rings. The van der Waals surface area contributed by atoms with E-state index in [9.17, 15) is 14.4 Å². The van der Waals surface area contributed by atoms with Gasteiger partial charge in [0, 0.05) is 34.1 Å². The number of halogens is 2. The fourth-order valence-electron chi connectivity index (χ4n) is 7.47. The summed E-state index contributed by atoms with van der Waals surface area (Å²) in [6.45, 7) is 7.14. The van der Waals surface area contributed by atoms with Gasteiger partial charge in [-0.05, 0) is 74.6 Å². The van der Waals surface area contributed by atoms with E-state index in [-0.39, 0.29) is 88.6 Å². The molecule has 4 heterocycles. The van der Waals surface area contributed by atoms with Gasteiger partial charge in [0.1, 0.15) is 11.4 Å². The van der Waals surface area contributed by atoms with Crippen LogP contribution < -0.4 is 62.9 Å². The van der Waals surface area contributed by atoms with E-state index in [1.807, 2.05) is 46.0 Å². The van der Waals surface area contributed by atoms with Crippen LogP contribution in [0.3, 0.4) is 0 Å². The number of aromatic nitrogens is 4. The molecule has 10 nitrogen and oxygen atoms in total. The van der Waals surface area contributed by atoms with Crippen LogP contribution in [0.15, 0.2) is 48.5 Å². The Hall–Kier alpha value is -2.51. The van der Waals surface area contributed by atoms with Crippen LogP contribution in [0.5, 0.6) is 0 Å². The van der Waals surface area contributed by atoms with E-state index in [0.717, 1.165) is 67.5 Å². The van der Waals surface area contributed by atoms with Crippen LogP contribution in [0.1, 0.15) is 105 Å². The van der Waals surface area contributed by atoms with E-state index in [1.165, 1.54) is 0 Å². The van der Waals surface area contributed by atoms with Crippen molar-refractivity contribution in [2.75, 3.05) is 6.54 Å². The predicted octanol–water partition coefficient (Wildman–Crippen LogP) is 4.79. The minimum Gasteiger partial charge on any atom is -0.365 e. The quantitative estimate of drug-likeness (QED) is 0.222. The molecule has 52 heavy (non-hydrogen) atoms. The molecular weight excluding hydrogens is 724 g/mol. The first kappa shape index (κ1) is 42.2. The molecule has 8 rings (SSSR count). The Morgan fingerprint density at radius 3 is 1.71 bits per heavy atom. The van der Waals surface area contributed by atoms with Crippen LogP contribution in [0.25, 0.3) is 22.5 Å². The summed E-state index contributed by atoms with van der Waals surface area (Å²) < 4.78 is 4.02. The average molecular weight is 773 g/mol. The van der Waals surface area contributed by atoms with Gasteiger partial charge in [0.25, 0.3) is 11.8 Å². The molecule has 0 unspecified atom stereocenters. The standard InChI is InChI=1S/C21H25ClN4O2.C16H16ClN3O.CH4.CH3.K/c1-20(2,3)10-16(27)25-11-15-17(19(23)28)18(13-5-4-6-14(22)9-13)24-26(15)21(12-25)7-8-21;17-11-4-1-3-10(9-11)14-13(15(18)21)12-5-2-6-16(7-8-16)20(12)19-14;;;/h4-6,9H,7-8,10-12H2,1-3H3,(H2,23,28);1,3-4,9H,2,5-8H2,(H2,18,21);1H4;1H3;/q;;;-1;+1. The normalized spacial score (nSPS) is 16.9. The molecule has 2 saturated carbocycles. The van der Waals surface area contributed by atoms with Crippen molar-refractivity contribution in [1.29, 1.82) is 0 Å². The molecule has 3 amide bonds. The Kier molecular flexibility index (Phi) is 12.7. The molecule has 2 aliphatic carbocycles. The molecule has 2 aliphatic heterocycles. The number of hydrogen-bond acceptors (Lipinski definition) is 5. The minimum absolute atomic E-state index is 0. The molecule has 4 N–H and O–H groups in total. The zero-order valence-electron chi connectivity index (χ0n) is 30.1. The van der Waals surface area contributed by atoms with Gasteiger partial charge in [0.15, 0.2) is 0 Å². The first-order chi connectivity index (χ1) is 23.2. The second kappa shape index (κ2) is 15.7. The zero-order chi connectivity index (χ0) is 34.9. The van der Waals surface area contributed by atoms with Gasteiger partial charge in [-0.1, -0.05) is 75.7 Å². The SMILES string of the molecule is C.CC(C)(C)CC(=O)N1Cc2c(C(N)=O)c(-c3cccc(Cl)c3)nn2C2(CC2)C1.NC(=O)c1c(-c2cccc(Cl)c2)nn2c1CCCC21CC1.[CH3-].[K+]. The molecule has 0 saturated heterocycles. The van der Waals surface area contributed by atoms with Crippen LogP contribution in [0.4, 0.5) is 0 Å². The van der Waals surface area contributed by atoms with Gasteiger partial charge in [0.05, 0.1) is 40.1 Å². The maximum atomic E-state index is 12.9. The molecule has 2 aromatic heterocycles. The number of benzene rings is 2. The summed E-state index contributed by atoms with van der Waals surface area (Å²) in [6.07, 6.45) is 7.75. The second-order valence-corrected chi connectivity index (χ2v) is 16.1. The maximum Gasteiger partial charge on any atom is 1.00 e. The third-order valence-corrected chi connectivity index (χ3v) is 10.6. The van der Waals surface area contributed by atoms with Gasteiger partial charge in [-0.2, -0.15) is 10.2 Å². The van der Waals surface area contributed by atoms with E-state index >= 15 is 0 Å². The summed E-state index contributed by atoms with van der Waals surface area (Å²) in [4.78, 5) is 39.1. The summed E-state index contributed by atoms with van der Waals surface area (Å²) in [7, 11) is 0. The maximum absolute atomic E-state index is 12.9. The van der Waals surface area contributed by atoms with E-state index in [2.05, 4.69) is 25.5 Å². The monoisotopic (exact) mass is 771 g/mol. The van der Waals surface area contributed by atoms with Gasteiger partial charge >= 0.3 is 51.4 Å². The first-order valence-electron chi connectivity index (χ1n) is 16.8. The number of hydrogen-bond donors (Lipinski definition) is 2. The fraction of sp³-hybridized carbons (Fsp3) is 0.436. The van der Waals surface area contributed by atoms with Gasteiger partial charge in [-0.25, -0.2) is 0 Å². The topological polar surface area (TPSA) is 142 Å². The molecule has 4 aliphatic rings. The number of rotatable bonds is 5. The number of primary amides is 2. The third kappa shape index (κ3) is 8.11. The Bertz CT molecular complexity index is 2010. The van der Waals surface area contributed by atoms with Gasteiger partial charge in [0.2, 0.25) is 5.91 Å². The van der Waals surface area contributed by atoms with Crippen LogP contribution in [0.2, 0.25) is 10.0 Å². The van der Waals surface area contributed by atoms with Crippen molar-refractivity contribution in [2.24, 2.45) is 16.9 Å². The molecule has 2 spiro atoms. The van der Waals surface area contributed by atoms with Crippen molar-refractivity contribution in [3.05, 3.63) is 88.5 Å². The summed E-state index contributed by atoms with van der Waals surface area (Å²) in [5.41, 5.74) is 16.8. The average Bonchev–Trinajstić information content (AvgIpc) is 3.89. The smallest absolute Gasteiger partial charge is 0.365 e. The van der Waals surface area contributed by atoms with Crippen molar-refractivity contribution in [2.45, 2.75) is 97.2 Å². The van der Waals surface area contributed by atoms with E-state index in [1.54, 1.807) is 12.1 Å². The molecular formula is C39H48Cl2KN7O3. The molecule has 2 aromatic carbocycles. The van der Waals surface area contributed by atoms with E-state index in [0.29, 0.717) is 52.1 Å². The second-order valence-electron chi connectivity index (χ2n) is 15.2. The van der Waals surface area contributed by atoms with Crippen LogP contribution in [-0.4, -0.2) is 48.7 Å². The Labute approximate surface area is 359 Å². The number of carbonyl (C=O) groups is 3. The number of fused-ring (bicyclic) bond motifs is 4. The molecule has 0 bridgehead atoms. The molecule has 13 heteroatoms. The predicted molar refractivity (Wildman–Crippen MR) is 202 cm³/mol. The van der Waals surface area contributed by atoms with Gasteiger partial charge in [-0.3, -0.25) is 23.7 Å². The van der Waals surface area contributed by atoms with E-state index in [4.69, 9.17) is 44.9 Å². The van der Waals surface area contributed by atoms with Gasteiger partial charge in [-0.15, -0.1) is 0 Å². The van der Waals surface area contributed by atoms with Crippen molar-refractivity contribution in [3.8, 4) is 22.5 Å². The van der Waals surface area contributed by atoms with Crippen molar-refractivity contribution in [1.82, 2.24) is 24.5 Å². The van der Waals surface area contributed by atoms with Gasteiger partial charge < -0.3 is 23.8 Å². The van der Waals surface area contributed by atoms with E-state index < -0.39 is 11.8 Å². The number of carbonyl (C=O) groups excluding carboxylic acids is 3. The number of amides is 3. The largest absolute Gasteiger partial charge is 1.00 e. The molecule has 0 radical (unpaired) electrons. The zero-order valence-corrected chi connectivity index (χ0v) is 34.7. The van der Waals surface area contributed by atoms with Crippen LogP contribution in [-0.2, 0) is 28.8 Å². The summed E-state index contributed by atoms with van der Waals surface area (Å²) in [6, 6.07) is 14.7. The fourth-order valence-corrected chi connectivity index (χ4v) is 7.85. The van der Waals surface area contributed by atoms with Crippen LogP contribution in [0, 0.1) is 12.8 Å². The van der Waals surface area contributed by atoms with Crippen molar-refractivity contribution >= 4 is 40.9 Å². The molecule has 272 valence electrons. The summed E-state index contributed by atoms with van der Waals surface area (Å²) in [5, 5.41) is 10.7. The van der Waals surface area contributed by atoms with Crippen LogP contribution >= 0.6 is 23.2 Å². The Morgan fingerprint density at radius 2 is 1.27 bits per heavy atom. The molecule has 0 atom stereocenters. The summed E-state index contributed by atoms with van der Waals surface area (Å²) >= 11 is 12.2. The third-order valence-electron chi connectivity index (χ3n) is 10.1. The summed E-state index contributed by atoms with van der Waals surface area (Å²) in [5.74, 6) is -0.827. The minimum atomic E-state index is -0.530. The van der Waals surface area contributed by atoms with Crippen molar-refractivity contribution in [3.63, 3.8) is 0 Å². The number of nitrogens with two attached hydrogens (primary N) is 2. The number of nitrogens with zero attached hydrogens (tertiary/aromatic N) is 5. The first-order valence-corrected chi connectivity index (χ1v) is 17.6. The Morgan fingerprint density at radius 1 is 0.788 bits per heavy atom. The molecule has 4 aromatic rings. The van der Waals surface area contributed by atoms with Crippen molar-refractivity contribution < 1.29 is 65.8 Å².